The minimum atomic E-state index is 0.0859. The quantitative estimate of drug-likeness (QED) is 0.693. The summed E-state index contributed by atoms with van der Waals surface area (Å²) in [6, 6.07) is 0.521. The summed E-state index contributed by atoms with van der Waals surface area (Å²) in [4.78, 5) is 11.8. The number of carbonyl (C=O) groups excluding carboxylic acids is 1. The SMILES string of the molecule is CC1CCCC1NC(=O)[C@@H]1CCCN1. The summed E-state index contributed by atoms with van der Waals surface area (Å²) in [5, 5.41) is 6.40. The third kappa shape index (κ3) is 2.08. The first kappa shape index (κ1) is 9.97. The van der Waals surface area contributed by atoms with E-state index in [0.29, 0.717) is 12.0 Å². The highest BCUT2D eigenvalue weighted by Crippen LogP contribution is 2.24. The summed E-state index contributed by atoms with van der Waals surface area (Å²) < 4.78 is 0. The van der Waals surface area contributed by atoms with E-state index in [1.165, 1.54) is 19.3 Å². The number of hydrogen-bond acceptors (Lipinski definition) is 2. The molecule has 2 rings (SSSR count). The van der Waals surface area contributed by atoms with Gasteiger partial charge >= 0.3 is 0 Å². The van der Waals surface area contributed by atoms with Crippen molar-refractivity contribution in [3.8, 4) is 0 Å². The largest absolute Gasteiger partial charge is 0.352 e. The minimum absolute atomic E-state index is 0.0859. The zero-order valence-electron chi connectivity index (χ0n) is 8.88. The zero-order valence-corrected chi connectivity index (χ0v) is 8.88. The van der Waals surface area contributed by atoms with Gasteiger partial charge in [-0.2, -0.15) is 0 Å². The lowest BCUT2D eigenvalue weighted by Gasteiger charge is -2.19. The molecule has 0 bridgehead atoms. The summed E-state index contributed by atoms with van der Waals surface area (Å²) in [7, 11) is 0. The molecular weight excluding hydrogens is 176 g/mol. The van der Waals surface area contributed by atoms with Crippen molar-refractivity contribution in [2.75, 3.05) is 6.54 Å². The topological polar surface area (TPSA) is 41.1 Å². The molecule has 1 amide bonds. The molecule has 2 fully saturated rings. The van der Waals surface area contributed by atoms with Crippen molar-refractivity contribution in [1.82, 2.24) is 10.6 Å². The van der Waals surface area contributed by atoms with E-state index in [2.05, 4.69) is 17.6 Å². The number of nitrogens with one attached hydrogen (secondary N) is 2. The molecule has 3 heteroatoms. The van der Waals surface area contributed by atoms with Gasteiger partial charge in [0.1, 0.15) is 0 Å². The van der Waals surface area contributed by atoms with Crippen molar-refractivity contribution in [3.05, 3.63) is 0 Å². The van der Waals surface area contributed by atoms with Crippen LogP contribution in [0.25, 0.3) is 0 Å². The average Bonchev–Trinajstić information content (AvgIpc) is 2.77. The average molecular weight is 196 g/mol. The van der Waals surface area contributed by atoms with E-state index in [4.69, 9.17) is 0 Å². The maximum Gasteiger partial charge on any atom is 0.237 e. The van der Waals surface area contributed by atoms with E-state index >= 15 is 0 Å². The van der Waals surface area contributed by atoms with Crippen LogP contribution in [0, 0.1) is 5.92 Å². The van der Waals surface area contributed by atoms with Crippen molar-refractivity contribution >= 4 is 5.91 Å². The molecule has 2 N–H and O–H groups in total. The van der Waals surface area contributed by atoms with Gasteiger partial charge in [0.25, 0.3) is 0 Å². The summed E-state index contributed by atoms with van der Waals surface area (Å²) in [5.41, 5.74) is 0. The molecule has 0 aromatic rings. The van der Waals surface area contributed by atoms with Crippen molar-refractivity contribution in [3.63, 3.8) is 0 Å². The maximum absolute atomic E-state index is 11.8. The Morgan fingerprint density at radius 3 is 2.71 bits per heavy atom. The normalized spacial score (nSPS) is 37.4. The van der Waals surface area contributed by atoms with Gasteiger partial charge in [-0.25, -0.2) is 0 Å². The van der Waals surface area contributed by atoms with Gasteiger partial charge in [0.15, 0.2) is 0 Å². The number of amides is 1. The van der Waals surface area contributed by atoms with Gasteiger partial charge in [-0.3, -0.25) is 4.79 Å². The predicted molar refractivity (Wildman–Crippen MR) is 56.0 cm³/mol. The molecule has 0 radical (unpaired) electrons. The molecular formula is C11H20N2O. The Morgan fingerprint density at radius 2 is 2.14 bits per heavy atom. The van der Waals surface area contributed by atoms with E-state index in [9.17, 15) is 4.79 Å². The van der Waals surface area contributed by atoms with Crippen LogP contribution in [0.4, 0.5) is 0 Å². The second-order valence-electron chi connectivity index (χ2n) is 4.67. The molecule has 1 aliphatic carbocycles. The minimum Gasteiger partial charge on any atom is -0.352 e. The van der Waals surface area contributed by atoms with Crippen molar-refractivity contribution in [2.45, 2.75) is 51.1 Å². The molecule has 80 valence electrons. The molecule has 0 aromatic heterocycles. The second kappa shape index (κ2) is 4.30. The van der Waals surface area contributed by atoms with E-state index in [1.54, 1.807) is 0 Å². The first-order valence-corrected chi connectivity index (χ1v) is 5.81. The van der Waals surface area contributed by atoms with Gasteiger partial charge in [-0.1, -0.05) is 13.3 Å². The fourth-order valence-electron chi connectivity index (χ4n) is 2.55. The Balaban J connectivity index is 1.81. The Labute approximate surface area is 85.6 Å². The van der Waals surface area contributed by atoms with Crippen LogP contribution in [0.15, 0.2) is 0 Å². The number of hydrogen-bond donors (Lipinski definition) is 2. The summed E-state index contributed by atoms with van der Waals surface area (Å²) >= 11 is 0. The summed E-state index contributed by atoms with van der Waals surface area (Å²) in [6.45, 7) is 3.23. The maximum atomic E-state index is 11.8. The van der Waals surface area contributed by atoms with Crippen LogP contribution in [-0.2, 0) is 4.79 Å². The molecule has 14 heavy (non-hydrogen) atoms. The van der Waals surface area contributed by atoms with Crippen LogP contribution in [-0.4, -0.2) is 24.5 Å². The predicted octanol–water partition coefficient (Wildman–Crippen LogP) is 1.04. The van der Waals surface area contributed by atoms with Crippen LogP contribution in [0.1, 0.15) is 39.0 Å². The highest BCUT2D eigenvalue weighted by atomic mass is 16.2. The van der Waals surface area contributed by atoms with Gasteiger partial charge in [-0.15, -0.1) is 0 Å². The van der Waals surface area contributed by atoms with E-state index < -0.39 is 0 Å². The highest BCUT2D eigenvalue weighted by molar-refractivity contribution is 5.82. The van der Waals surface area contributed by atoms with E-state index in [0.717, 1.165) is 19.4 Å². The molecule has 0 aromatic carbocycles. The van der Waals surface area contributed by atoms with Gasteiger partial charge in [0, 0.05) is 6.04 Å². The number of rotatable bonds is 2. The lowest BCUT2D eigenvalue weighted by Crippen LogP contribution is -2.45. The van der Waals surface area contributed by atoms with Gasteiger partial charge < -0.3 is 10.6 Å². The summed E-state index contributed by atoms with van der Waals surface area (Å²) in [5.74, 6) is 0.890. The molecule has 0 spiro atoms. The van der Waals surface area contributed by atoms with Crippen LogP contribution in [0.3, 0.4) is 0 Å². The van der Waals surface area contributed by atoms with Gasteiger partial charge in [0.2, 0.25) is 5.91 Å². The fourth-order valence-corrected chi connectivity index (χ4v) is 2.55. The van der Waals surface area contributed by atoms with E-state index in [1.807, 2.05) is 0 Å². The van der Waals surface area contributed by atoms with Crippen molar-refractivity contribution in [1.29, 1.82) is 0 Å². The lowest BCUT2D eigenvalue weighted by molar-refractivity contribution is -0.123. The highest BCUT2D eigenvalue weighted by Gasteiger charge is 2.28. The molecule has 3 atom stereocenters. The second-order valence-corrected chi connectivity index (χ2v) is 4.67. The zero-order chi connectivity index (χ0) is 9.97. The monoisotopic (exact) mass is 196 g/mol. The first-order chi connectivity index (χ1) is 6.77. The molecule has 1 heterocycles. The molecule has 2 aliphatic rings. The first-order valence-electron chi connectivity index (χ1n) is 5.81. The van der Waals surface area contributed by atoms with Crippen LogP contribution in [0.5, 0.6) is 0 Å². The van der Waals surface area contributed by atoms with Gasteiger partial charge in [-0.05, 0) is 38.1 Å². The lowest BCUT2D eigenvalue weighted by atomic mass is 10.1. The molecule has 1 saturated heterocycles. The smallest absolute Gasteiger partial charge is 0.237 e. The van der Waals surface area contributed by atoms with Crippen LogP contribution in [0.2, 0.25) is 0 Å². The van der Waals surface area contributed by atoms with Crippen molar-refractivity contribution < 1.29 is 4.79 Å². The Hall–Kier alpha value is -0.570. The molecule has 1 saturated carbocycles. The standard InChI is InChI=1S/C11H20N2O/c1-8-4-2-5-9(8)13-11(14)10-6-3-7-12-10/h8-10,12H,2-7H2,1H3,(H,13,14)/t8?,9?,10-/m0/s1. The Kier molecular flexibility index (Phi) is 3.06. The van der Waals surface area contributed by atoms with Gasteiger partial charge in [0.05, 0.1) is 6.04 Å². The van der Waals surface area contributed by atoms with Crippen LogP contribution >= 0.6 is 0 Å². The third-order valence-corrected chi connectivity index (χ3v) is 3.57. The fraction of sp³-hybridized carbons (Fsp3) is 0.909. The molecule has 3 nitrogen and oxygen atoms in total. The third-order valence-electron chi connectivity index (χ3n) is 3.57. The Morgan fingerprint density at radius 1 is 1.29 bits per heavy atom. The Bertz CT molecular complexity index is 211. The van der Waals surface area contributed by atoms with Crippen molar-refractivity contribution in [2.24, 2.45) is 5.92 Å². The summed E-state index contributed by atoms with van der Waals surface area (Å²) in [6.07, 6.45) is 5.85. The number of carbonyl (C=O) groups is 1. The van der Waals surface area contributed by atoms with E-state index in [-0.39, 0.29) is 11.9 Å². The van der Waals surface area contributed by atoms with Crippen LogP contribution < -0.4 is 10.6 Å². The molecule has 2 unspecified atom stereocenters. The molecule has 1 aliphatic heterocycles.